The highest BCUT2D eigenvalue weighted by Crippen LogP contribution is 2.22. The summed E-state index contributed by atoms with van der Waals surface area (Å²) in [6, 6.07) is 6.60. The predicted octanol–water partition coefficient (Wildman–Crippen LogP) is 1.33. The SMILES string of the molecule is COc1ccc(C(=O)OCCn2cccn2)cc1N. The fourth-order valence-corrected chi connectivity index (χ4v) is 1.61. The fraction of sp³-hybridized carbons (Fsp3) is 0.231. The molecule has 0 aliphatic carbocycles. The van der Waals surface area contributed by atoms with Crippen molar-refractivity contribution in [3.05, 3.63) is 42.2 Å². The summed E-state index contributed by atoms with van der Waals surface area (Å²) in [6.07, 6.45) is 3.48. The predicted molar refractivity (Wildman–Crippen MR) is 69.9 cm³/mol. The molecule has 0 spiro atoms. The van der Waals surface area contributed by atoms with Gasteiger partial charge in [0.05, 0.1) is 24.9 Å². The van der Waals surface area contributed by atoms with Gasteiger partial charge in [-0.2, -0.15) is 5.10 Å². The van der Waals surface area contributed by atoms with Gasteiger partial charge in [-0.1, -0.05) is 0 Å². The first-order valence-corrected chi connectivity index (χ1v) is 5.79. The van der Waals surface area contributed by atoms with Gasteiger partial charge >= 0.3 is 5.97 Å². The van der Waals surface area contributed by atoms with E-state index in [0.29, 0.717) is 23.5 Å². The minimum absolute atomic E-state index is 0.256. The number of aromatic nitrogens is 2. The van der Waals surface area contributed by atoms with Gasteiger partial charge in [0.2, 0.25) is 0 Å². The number of carbonyl (C=O) groups is 1. The summed E-state index contributed by atoms with van der Waals surface area (Å²) < 4.78 is 11.8. The van der Waals surface area contributed by atoms with Gasteiger partial charge in [0.1, 0.15) is 12.4 Å². The Balaban J connectivity index is 1.91. The van der Waals surface area contributed by atoms with Crippen LogP contribution in [0.15, 0.2) is 36.7 Å². The van der Waals surface area contributed by atoms with Gasteiger partial charge in [0.25, 0.3) is 0 Å². The molecule has 0 atom stereocenters. The Labute approximate surface area is 110 Å². The molecule has 0 aliphatic heterocycles. The molecule has 6 heteroatoms. The van der Waals surface area contributed by atoms with Gasteiger partial charge in [-0.25, -0.2) is 4.79 Å². The third kappa shape index (κ3) is 3.25. The third-order valence-corrected chi connectivity index (χ3v) is 2.58. The summed E-state index contributed by atoms with van der Waals surface area (Å²) in [5.74, 6) is 0.120. The standard InChI is InChI=1S/C13H15N3O3/c1-18-12-4-3-10(9-11(12)14)13(17)19-8-7-16-6-2-5-15-16/h2-6,9H,7-8,14H2,1H3. The topological polar surface area (TPSA) is 79.4 Å². The second-order valence-corrected chi connectivity index (χ2v) is 3.86. The summed E-state index contributed by atoms with van der Waals surface area (Å²) in [7, 11) is 1.52. The molecule has 0 fully saturated rings. The first kappa shape index (κ1) is 12.9. The van der Waals surface area contributed by atoms with Gasteiger partial charge in [-0.3, -0.25) is 4.68 Å². The normalized spacial score (nSPS) is 10.2. The van der Waals surface area contributed by atoms with E-state index in [4.69, 9.17) is 15.2 Å². The molecular weight excluding hydrogens is 246 g/mol. The van der Waals surface area contributed by atoms with E-state index in [1.165, 1.54) is 13.2 Å². The van der Waals surface area contributed by atoms with Gasteiger partial charge in [-0.05, 0) is 24.3 Å². The van der Waals surface area contributed by atoms with Crippen LogP contribution in [0, 0.1) is 0 Å². The Morgan fingerprint density at radius 2 is 2.32 bits per heavy atom. The lowest BCUT2D eigenvalue weighted by Crippen LogP contribution is -2.12. The van der Waals surface area contributed by atoms with Crippen molar-refractivity contribution in [2.45, 2.75) is 6.54 Å². The van der Waals surface area contributed by atoms with E-state index in [1.807, 2.05) is 6.07 Å². The summed E-state index contributed by atoms with van der Waals surface area (Å²) in [4.78, 5) is 11.8. The van der Waals surface area contributed by atoms with Crippen LogP contribution in [-0.4, -0.2) is 29.5 Å². The van der Waals surface area contributed by atoms with Crippen LogP contribution in [0.1, 0.15) is 10.4 Å². The number of anilines is 1. The molecule has 2 aromatic rings. The number of nitrogens with two attached hydrogens (primary N) is 1. The number of methoxy groups -OCH3 is 1. The average molecular weight is 261 g/mol. The first-order chi connectivity index (χ1) is 9.20. The second-order valence-electron chi connectivity index (χ2n) is 3.86. The number of hydrogen-bond acceptors (Lipinski definition) is 5. The maximum absolute atomic E-state index is 11.8. The van der Waals surface area contributed by atoms with Gasteiger partial charge in [-0.15, -0.1) is 0 Å². The molecule has 2 N–H and O–H groups in total. The highest BCUT2D eigenvalue weighted by Gasteiger charge is 2.09. The Morgan fingerprint density at radius 3 is 2.95 bits per heavy atom. The zero-order valence-electron chi connectivity index (χ0n) is 10.6. The zero-order chi connectivity index (χ0) is 13.7. The lowest BCUT2D eigenvalue weighted by Gasteiger charge is -2.08. The average Bonchev–Trinajstić information content (AvgIpc) is 2.91. The quantitative estimate of drug-likeness (QED) is 0.649. The fourth-order valence-electron chi connectivity index (χ4n) is 1.61. The number of esters is 1. The molecule has 0 aliphatic rings. The van der Waals surface area contributed by atoms with E-state index in [-0.39, 0.29) is 6.61 Å². The minimum atomic E-state index is -0.415. The molecule has 0 saturated carbocycles. The number of carbonyl (C=O) groups excluding carboxylic acids is 1. The van der Waals surface area contributed by atoms with Crippen molar-refractivity contribution in [3.63, 3.8) is 0 Å². The van der Waals surface area contributed by atoms with Crippen molar-refractivity contribution in [1.82, 2.24) is 9.78 Å². The highest BCUT2D eigenvalue weighted by atomic mass is 16.5. The van der Waals surface area contributed by atoms with E-state index in [1.54, 1.807) is 29.2 Å². The van der Waals surface area contributed by atoms with Gasteiger partial charge in [0, 0.05) is 12.4 Å². The highest BCUT2D eigenvalue weighted by molar-refractivity contribution is 5.91. The summed E-state index contributed by atoms with van der Waals surface area (Å²) >= 11 is 0. The van der Waals surface area contributed by atoms with Crippen molar-refractivity contribution in [1.29, 1.82) is 0 Å². The Hall–Kier alpha value is -2.50. The van der Waals surface area contributed by atoms with E-state index >= 15 is 0 Å². The summed E-state index contributed by atoms with van der Waals surface area (Å²) in [6.45, 7) is 0.775. The van der Waals surface area contributed by atoms with Crippen LogP contribution in [0.5, 0.6) is 5.75 Å². The number of nitrogens with zero attached hydrogens (tertiary/aromatic N) is 2. The maximum Gasteiger partial charge on any atom is 0.338 e. The molecule has 19 heavy (non-hydrogen) atoms. The van der Waals surface area contributed by atoms with Crippen LogP contribution in [0.4, 0.5) is 5.69 Å². The van der Waals surface area contributed by atoms with Gasteiger partial charge < -0.3 is 15.2 Å². The van der Waals surface area contributed by atoms with E-state index in [9.17, 15) is 4.79 Å². The Morgan fingerprint density at radius 1 is 1.47 bits per heavy atom. The number of ether oxygens (including phenoxy) is 2. The van der Waals surface area contributed by atoms with Gasteiger partial charge in [0.15, 0.2) is 0 Å². The zero-order valence-corrected chi connectivity index (χ0v) is 10.6. The molecule has 0 bridgehead atoms. The molecule has 0 radical (unpaired) electrons. The van der Waals surface area contributed by atoms with Crippen molar-refractivity contribution in [3.8, 4) is 5.75 Å². The molecular formula is C13H15N3O3. The maximum atomic E-state index is 11.8. The molecule has 100 valence electrons. The van der Waals surface area contributed by atoms with Crippen LogP contribution in [0.2, 0.25) is 0 Å². The molecule has 0 unspecified atom stereocenters. The number of rotatable bonds is 5. The molecule has 1 heterocycles. The number of hydrogen-bond donors (Lipinski definition) is 1. The smallest absolute Gasteiger partial charge is 0.338 e. The molecule has 6 nitrogen and oxygen atoms in total. The lowest BCUT2D eigenvalue weighted by atomic mass is 10.2. The molecule has 1 aromatic heterocycles. The Bertz CT molecular complexity index is 552. The van der Waals surface area contributed by atoms with Crippen molar-refractivity contribution in [2.75, 3.05) is 19.5 Å². The van der Waals surface area contributed by atoms with E-state index in [0.717, 1.165) is 0 Å². The van der Waals surface area contributed by atoms with Crippen LogP contribution in [0.3, 0.4) is 0 Å². The van der Waals surface area contributed by atoms with Crippen molar-refractivity contribution >= 4 is 11.7 Å². The number of nitrogen functional groups attached to an aromatic ring is 1. The molecule has 0 amide bonds. The molecule has 2 rings (SSSR count). The van der Waals surface area contributed by atoms with Crippen LogP contribution in [-0.2, 0) is 11.3 Å². The lowest BCUT2D eigenvalue weighted by molar-refractivity contribution is 0.0487. The van der Waals surface area contributed by atoms with Crippen LogP contribution >= 0.6 is 0 Å². The minimum Gasteiger partial charge on any atom is -0.495 e. The third-order valence-electron chi connectivity index (χ3n) is 2.58. The summed E-state index contributed by atoms with van der Waals surface area (Å²) in [5, 5.41) is 4.01. The van der Waals surface area contributed by atoms with E-state index in [2.05, 4.69) is 5.10 Å². The van der Waals surface area contributed by atoms with E-state index < -0.39 is 5.97 Å². The van der Waals surface area contributed by atoms with Crippen LogP contribution in [0.25, 0.3) is 0 Å². The first-order valence-electron chi connectivity index (χ1n) is 5.79. The molecule has 0 saturated heterocycles. The second kappa shape index (κ2) is 5.90. The number of benzene rings is 1. The largest absolute Gasteiger partial charge is 0.495 e. The Kier molecular flexibility index (Phi) is 4.02. The summed E-state index contributed by atoms with van der Waals surface area (Å²) in [5.41, 5.74) is 6.54. The van der Waals surface area contributed by atoms with Crippen molar-refractivity contribution in [2.24, 2.45) is 0 Å². The molecule has 1 aromatic carbocycles. The van der Waals surface area contributed by atoms with Crippen LogP contribution < -0.4 is 10.5 Å². The van der Waals surface area contributed by atoms with Crippen molar-refractivity contribution < 1.29 is 14.3 Å². The monoisotopic (exact) mass is 261 g/mol.